The van der Waals surface area contributed by atoms with E-state index in [-0.39, 0.29) is 31.5 Å². The van der Waals surface area contributed by atoms with Gasteiger partial charge >= 0.3 is 5.97 Å². The van der Waals surface area contributed by atoms with Crippen molar-refractivity contribution in [1.29, 1.82) is 0 Å². The second-order valence-corrected chi connectivity index (χ2v) is 6.53. The molecule has 0 radical (unpaired) electrons. The summed E-state index contributed by atoms with van der Waals surface area (Å²) in [6.45, 7) is 3.99. The highest BCUT2D eigenvalue weighted by Gasteiger charge is 2.29. The van der Waals surface area contributed by atoms with Crippen LogP contribution in [0.5, 0.6) is 11.5 Å². The van der Waals surface area contributed by atoms with Crippen molar-refractivity contribution in [3.05, 3.63) is 23.8 Å². The van der Waals surface area contributed by atoms with Crippen molar-refractivity contribution < 1.29 is 23.8 Å². The van der Waals surface area contributed by atoms with Gasteiger partial charge in [-0.1, -0.05) is 6.07 Å². The van der Waals surface area contributed by atoms with Gasteiger partial charge in [0.05, 0.1) is 19.4 Å². The standard InChI is InChI=1S/C18H23N3O5S/c1-2-24-17(23)6-7-19-18(27)21-9-3-8-20(21)16(22)11-13-4-5-14-15(10-13)26-12-25-14/h4-5,10H,2-3,6-9,11-12H2,1H3,(H,19,27). The number of thiocarbonyl (C=S) groups is 1. The Hall–Kier alpha value is -2.55. The van der Waals surface area contributed by atoms with E-state index in [1.54, 1.807) is 16.9 Å². The average molecular weight is 393 g/mol. The van der Waals surface area contributed by atoms with Crippen LogP contribution >= 0.6 is 12.2 Å². The van der Waals surface area contributed by atoms with Gasteiger partial charge in [-0.3, -0.25) is 19.6 Å². The molecule has 0 aliphatic carbocycles. The maximum absolute atomic E-state index is 12.7. The van der Waals surface area contributed by atoms with Crippen LogP contribution in [0.4, 0.5) is 0 Å². The number of hydrogen-bond donors (Lipinski definition) is 1. The zero-order chi connectivity index (χ0) is 19.2. The van der Waals surface area contributed by atoms with Crippen molar-refractivity contribution >= 4 is 29.2 Å². The minimum atomic E-state index is -0.273. The Kier molecular flexibility index (Phi) is 6.33. The lowest BCUT2D eigenvalue weighted by molar-refractivity contribution is -0.143. The average Bonchev–Trinajstić information content (AvgIpc) is 3.30. The van der Waals surface area contributed by atoms with Crippen LogP contribution in [0, 0.1) is 0 Å². The molecule has 2 heterocycles. The molecule has 1 aromatic rings. The molecule has 2 aliphatic heterocycles. The van der Waals surface area contributed by atoms with Crippen LogP contribution in [0.3, 0.4) is 0 Å². The van der Waals surface area contributed by atoms with Crippen molar-refractivity contribution in [3.63, 3.8) is 0 Å². The molecule has 2 aliphatic rings. The van der Waals surface area contributed by atoms with Gasteiger partial charge in [0.15, 0.2) is 16.6 Å². The van der Waals surface area contributed by atoms with Crippen molar-refractivity contribution in [1.82, 2.24) is 15.3 Å². The van der Waals surface area contributed by atoms with Gasteiger partial charge in [-0.15, -0.1) is 0 Å². The highest BCUT2D eigenvalue weighted by Crippen LogP contribution is 2.32. The number of nitrogens with one attached hydrogen (secondary N) is 1. The minimum Gasteiger partial charge on any atom is -0.466 e. The van der Waals surface area contributed by atoms with Gasteiger partial charge in [0.1, 0.15) is 0 Å². The molecule has 9 heteroatoms. The van der Waals surface area contributed by atoms with Crippen molar-refractivity contribution in [2.45, 2.75) is 26.2 Å². The topological polar surface area (TPSA) is 80.3 Å². The molecule has 146 valence electrons. The number of carbonyl (C=O) groups is 2. The fourth-order valence-corrected chi connectivity index (χ4v) is 3.29. The van der Waals surface area contributed by atoms with Crippen LogP contribution in [-0.4, -0.2) is 60.0 Å². The number of nitrogens with zero attached hydrogens (tertiary/aromatic N) is 2. The highest BCUT2D eigenvalue weighted by molar-refractivity contribution is 7.80. The maximum atomic E-state index is 12.7. The Balaban J connectivity index is 1.53. The maximum Gasteiger partial charge on any atom is 0.307 e. The predicted octanol–water partition coefficient (Wildman–Crippen LogP) is 1.23. The Morgan fingerprint density at radius 1 is 1.22 bits per heavy atom. The van der Waals surface area contributed by atoms with Crippen molar-refractivity contribution in [3.8, 4) is 11.5 Å². The van der Waals surface area contributed by atoms with Gasteiger partial charge in [-0.05, 0) is 43.3 Å². The molecule has 0 unspecified atom stereocenters. The lowest BCUT2D eigenvalue weighted by atomic mass is 10.1. The molecule has 0 bridgehead atoms. The van der Waals surface area contributed by atoms with E-state index in [1.165, 1.54) is 0 Å². The Morgan fingerprint density at radius 2 is 2.00 bits per heavy atom. The number of ether oxygens (including phenoxy) is 3. The van der Waals surface area contributed by atoms with Gasteiger partial charge in [0.25, 0.3) is 0 Å². The Morgan fingerprint density at radius 3 is 2.81 bits per heavy atom. The molecule has 0 spiro atoms. The molecule has 1 amide bonds. The van der Waals surface area contributed by atoms with Crippen molar-refractivity contribution in [2.75, 3.05) is 33.0 Å². The first-order valence-electron chi connectivity index (χ1n) is 8.98. The molecule has 27 heavy (non-hydrogen) atoms. The quantitative estimate of drug-likeness (QED) is 0.571. The molecule has 1 N–H and O–H groups in total. The third-order valence-corrected chi connectivity index (χ3v) is 4.61. The number of carbonyl (C=O) groups excluding carboxylic acids is 2. The first-order valence-corrected chi connectivity index (χ1v) is 9.39. The van der Waals surface area contributed by atoms with E-state index in [1.807, 2.05) is 18.2 Å². The SMILES string of the molecule is CCOC(=O)CCNC(=S)N1CCCN1C(=O)Cc1ccc2c(c1)OCO2. The van der Waals surface area contributed by atoms with Crippen LogP contribution < -0.4 is 14.8 Å². The summed E-state index contributed by atoms with van der Waals surface area (Å²) < 4.78 is 15.5. The Labute approximate surface area is 163 Å². The van der Waals surface area contributed by atoms with Gasteiger partial charge in [-0.25, -0.2) is 0 Å². The summed E-state index contributed by atoms with van der Waals surface area (Å²) in [5, 5.41) is 6.88. The number of fused-ring (bicyclic) bond motifs is 1. The summed E-state index contributed by atoms with van der Waals surface area (Å²) in [5.41, 5.74) is 0.859. The molecule has 0 atom stereocenters. The van der Waals surface area contributed by atoms with Crippen molar-refractivity contribution in [2.24, 2.45) is 0 Å². The molecular formula is C18H23N3O5S. The van der Waals surface area contributed by atoms with E-state index in [0.717, 1.165) is 12.0 Å². The lowest BCUT2D eigenvalue weighted by Crippen LogP contribution is -2.49. The molecule has 1 saturated heterocycles. The lowest BCUT2D eigenvalue weighted by Gasteiger charge is -2.30. The summed E-state index contributed by atoms with van der Waals surface area (Å²) in [6, 6.07) is 5.51. The molecule has 8 nitrogen and oxygen atoms in total. The Bertz CT molecular complexity index is 727. The fourth-order valence-electron chi connectivity index (χ4n) is 2.99. The van der Waals surface area contributed by atoms with Gasteiger partial charge in [0.2, 0.25) is 12.7 Å². The van der Waals surface area contributed by atoms with Crippen LogP contribution in [0.2, 0.25) is 0 Å². The minimum absolute atomic E-state index is 0.0408. The van der Waals surface area contributed by atoms with Crippen LogP contribution in [-0.2, 0) is 20.7 Å². The van der Waals surface area contributed by atoms with E-state index in [2.05, 4.69) is 5.32 Å². The first-order chi connectivity index (χ1) is 13.1. The largest absolute Gasteiger partial charge is 0.466 e. The van der Waals surface area contributed by atoms with Gasteiger partial charge in [0, 0.05) is 19.6 Å². The molecule has 0 aromatic heterocycles. The molecule has 1 aromatic carbocycles. The third kappa shape index (κ3) is 4.79. The zero-order valence-corrected chi connectivity index (χ0v) is 16.0. The number of hydrazine groups is 1. The molecule has 1 fully saturated rings. The number of hydrogen-bond acceptors (Lipinski definition) is 6. The summed E-state index contributed by atoms with van der Waals surface area (Å²) >= 11 is 5.39. The molecule has 3 rings (SSSR count). The van der Waals surface area contributed by atoms with E-state index in [0.29, 0.717) is 42.9 Å². The van der Waals surface area contributed by atoms with E-state index in [4.69, 9.17) is 26.4 Å². The van der Waals surface area contributed by atoms with E-state index in [9.17, 15) is 9.59 Å². The monoisotopic (exact) mass is 393 g/mol. The number of amides is 1. The van der Waals surface area contributed by atoms with E-state index < -0.39 is 0 Å². The second kappa shape index (κ2) is 8.90. The van der Waals surface area contributed by atoms with Gasteiger partial charge in [-0.2, -0.15) is 0 Å². The number of rotatable bonds is 6. The predicted molar refractivity (Wildman–Crippen MR) is 101 cm³/mol. The normalized spacial score (nSPS) is 15.0. The summed E-state index contributed by atoms with van der Waals surface area (Å²) in [5.74, 6) is 1.04. The third-order valence-electron chi connectivity index (χ3n) is 4.26. The highest BCUT2D eigenvalue weighted by atomic mass is 32.1. The summed E-state index contributed by atoms with van der Waals surface area (Å²) in [4.78, 5) is 24.1. The first kappa shape index (κ1) is 19.2. The number of esters is 1. The second-order valence-electron chi connectivity index (χ2n) is 6.14. The summed E-state index contributed by atoms with van der Waals surface area (Å²) in [6.07, 6.45) is 1.32. The molecule has 0 saturated carbocycles. The van der Waals surface area contributed by atoms with E-state index >= 15 is 0 Å². The fraction of sp³-hybridized carbons (Fsp3) is 0.500. The van der Waals surface area contributed by atoms with Crippen LogP contribution in [0.25, 0.3) is 0 Å². The molecular weight excluding hydrogens is 370 g/mol. The smallest absolute Gasteiger partial charge is 0.307 e. The zero-order valence-electron chi connectivity index (χ0n) is 15.2. The van der Waals surface area contributed by atoms with Crippen LogP contribution in [0.15, 0.2) is 18.2 Å². The van der Waals surface area contributed by atoms with Gasteiger partial charge < -0.3 is 19.5 Å². The summed E-state index contributed by atoms with van der Waals surface area (Å²) in [7, 11) is 0. The number of benzene rings is 1. The van der Waals surface area contributed by atoms with Crippen LogP contribution in [0.1, 0.15) is 25.3 Å².